The Morgan fingerprint density at radius 3 is 2.84 bits per heavy atom. The van der Waals surface area contributed by atoms with Crippen LogP contribution in [0, 0.1) is 0 Å². The van der Waals surface area contributed by atoms with Gasteiger partial charge in [-0.3, -0.25) is 9.88 Å². The number of aromatic nitrogens is 1. The lowest BCUT2D eigenvalue weighted by Gasteiger charge is -2.39. The first-order valence-corrected chi connectivity index (χ1v) is 7.29. The van der Waals surface area contributed by atoms with E-state index in [0.717, 1.165) is 38.9 Å². The molecule has 104 valence electrons. The van der Waals surface area contributed by atoms with Gasteiger partial charge in [-0.1, -0.05) is 6.07 Å². The molecule has 1 spiro atoms. The molecule has 1 aromatic rings. The maximum Gasteiger partial charge on any atom is 0.0712 e. The molecule has 3 rings (SSSR count). The zero-order chi connectivity index (χ0) is 13.1. The molecule has 2 saturated heterocycles. The van der Waals surface area contributed by atoms with Crippen LogP contribution in [0.5, 0.6) is 0 Å². The van der Waals surface area contributed by atoms with E-state index < -0.39 is 0 Å². The Hall–Kier alpha value is -0.970. The molecule has 1 aromatic heterocycles. The molecule has 0 amide bonds. The lowest BCUT2D eigenvalue weighted by atomic mass is 9.88. The van der Waals surface area contributed by atoms with Gasteiger partial charge in [0.2, 0.25) is 0 Å². The van der Waals surface area contributed by atoms with E-state index >= 15 is 0 Å². The normalized spacial score (nSPS) is 26.9. The summed E-state index contributed by atoms with van der Waals surface area (Å²) < 4.78 is 6.17. The third-order valence-electron chi connectivity index (χ3n) is 4.50. The number of likely N-dealkylation sites (tertiary alicyclic amines) is 1. The van der Waals surface area contributed by atoms with Crippen molar-refractivity contribution < 1.29 is 4.74 Å². The van der Waals surface area contributed by atoms with E-state index in [4.69, 9.17) is 10.5 Å². The second-order valence-corrected chi connectivity index (χ2v) is 5.83. The van der Waals surface area contributed by atoms with Crippen LogP contribution in [0.1, 0.15) is 31.2 Å². The number of nitrogens with zero attached hydrogens (tertiary/aromatic N) is 2. The number of hydrogen-bond donors (Lipinski definition) is 1. The second-order valence-electron chi connectivity index (χ2n) is 5.83. The summed E-state index contributed by atoms with van der Waals surface area (Å²) in [7, 11) is 0. The molecule has 19 heavy (non-hydrogen) atoms. The number of pyridine rings is 1. The van der Waals surface area contributed by atoms with Crippen molar-refractivity contribution in [2.45, 2.75) is 43.9 Å². The topological polar surface area (TPSA) is 51.4 Å². The number of piperidine rings is 1. The fourth-order valence-electron chi connectivity index (χ4n) is 3.30. The van der Waals surface area contributed by atoms with E-state index in [1.807, 2.05) is 18.5 Å². The third kappa shape index (κ3) is 2.96. The summed E-state index contributed by atoms with van der Waals surface area (Å²) in [5.41, 5.74) is 7.14. The monoisotopic (exact) mass is 261 g/mol. The molecular formula is C15H23N3O. The van der Waals surface area contributed by atoms with Crippen molar-refractivity contribution in [1.82, 2.24) is 9.88 Å². The molecule has 0 unspecified atom stereocenters. The minimum absolute atomic E-state index is 0.134. The number of rotatable bonds is 3. The van der Waals surface area contributed by atoms with E-state index in [9.17, 15) is 0 Å². The molecule has 0 saturated carbocycles. The lowest BCUT2D eigenvalue weighted by molar-refractivity contribution is -0.0749. The van der Waals surface area contributed by atoms with Gasteiger partial charge < -0.3 is 10.5 Å². The van der Waals surface area contributed by atoms with Gasteiger partial charge in [-0.05, 0) is 37.3 Å². The molecule has 0 aromatic carbocycles. The van der Waals surface area contributed by atoms with Crippen molar-refractivity contribution in [2.75, 3.05) is 19.6 Å². The van der Waals surface area contributed by atoms with Crippen LogP contribution in [0.25, 0.3) is 0 Å². The van der Waals surface area contributed by atoms with Crippen LogP contribution in [0.3, 0.4) is 0 Å². The van der Waals surface area contributed by atoms with Crippen LogP contribution >= 0.6 is 0 Å². The van der Waals surface area contributed by atoms with Crippen LogP contribution in [-0.2, 0) is 11.3 Å². The van der Waals surface area contributed by atoms with Crippen LogP contribution in [0.15, 0.2) is 24.5 Å². The summed E-state index contributed by atoms with van der Waals surface area (Å²) >= 11 is 0. The fraction of sp³-hybridized carbons (Fsp3) is 0.667. The van der Waals surface area contributed by atoms with Crippen LogP contribution in [0.4, 0.5) is 0 Å². The Bertz CT molecular complexity index is 401. The lowest BCUT2D eigenvalue weighted by Crippen LogP contribution is -2.44. The highest BCUT2D eigenvalue weighted by atomic mass is 16.5. The van der Waals surface area contributed by atoms with Crippen molar-refractivity contribution in [2.24, 2.45) is 5.73 Å². The molecule has 2 N–H and O–H groups in total. The first-order valence-electron chi connectivity index (χ1n) is 7.29. The van der Waals surface area contributed by atoms with Crippen LogP contribution in [-0.4, -0.2) is 41.2 Å². The predicted octanol–water partition coefficient (Wildman–Crippen LogP) is 1.55. The Balaban J connectivity index is 1.53. The van der Waals surface area contributed by atoms with Gasteiger partial charge in [-0.2, -0.15) is 0 Å². The Kier molecular flexibility index (Phi) is 3.82. The number of ether oxygens (including phenoxy) is 1. The van der Waals surface area contributed by atoms with E-state index in [2.05, 4.69) is 16.0 Å². The van der Waals surface area contributed by atoms with Crippen LogP contribution < -0.4 is 5.73 Å². The van der Waals surface area contributed by atoms with Gasteiger partial charge in [-0.25, -0.2) is 0 Å². The molecule has 1 atom stereocenters. The SMILES string of the molecule is NC[C@@H]1CCC2(CCN(Cc3cccnc3)CC2)O1. The molecule has 4 nitrogen and oxygen atoms in total. The Morgan fingerprint density at radius 2 is 2.21 bits per heavy atom. The summed E-state index contributed by atoms with van der Waals surface area (Å²) in [6.45, 7) is 3.91. The van der Waals surface area contributed by atoms with Gasteiger partial charge in [0, 0.05) is 38.6 Å². The fourth-order valence-corrected chi connectivity index (χ4v) is 3.30. The van der Waals surface area contributed by atoms with Crippen molar-refractivity contribution in [3.63, 3.8) is 0 Å². The minimum atomic E-state index is 0.134. The molecule has 2 aliphatic rings. The molecule has 4 heteroatoms. The molecule has 0 aliphatic carbocycles. The highest BCUT2D eigenvalue weighted by molar-refractivity contribution is 5.08. The molecule has 3 heterocycles. The van der Waals surface area contributed by atoms with Crippen molar-refractivity contribution >= 4 is 0 Å². The van der Waals surface area contributed by atoms with Gasteiger partial charge in [0.15, 0.2) is 0 Å². The average Bonchev–Trinajstić information content (AvgIpc) is 2.86. The molecule has 0 radical (unpaired) electrons. The van der Waals surface area contributed by atoms with Crippen molar-refractivity contribution in [3.05, 3.63) is 30.1 Å². The van der Waals surface area contributed by atoms with E-state index in [-0.39, 0.29) is 5.60 Å². The summed E-state index contributed by atoms with van der Waals surface area (Å²) in [4.78, 5) is 6.68. The van der Waals surface area contributed by atoms with Gasteiger partial charge in [0.25, 0.3) is 0 Å². The molecule has 0 bridgehead atoms. The Morgan fingerprint density at radius 1 is 1.37 bits per heavy atom. The summed E-state index contributed by atoms with van der Waals surface area (Å²) in [5, 5.41) is 0. The largest absolute Gasteiger partial charge is 0.370 e. The molecule has 2 fully saturated rings. The van der Waals surface area contributed by atoms with E-state index in [1.54, 1.807) is 0 Å². The second kappa shape index (κ2) is 5.57. The van der Waals surface area contributed by atoms with Crippen molar-refractivity contribution in [1.29, 1.82) is 0 Å². The van der Waals surface area contributed by atoms with Gasteiger partial charge in [0.1, 0.15) is 0 Å². The first-order chi connectivity index (χ1) is 9.30. The predicted molar refractivity (Wildman–Crippen MR) is 74.6 cm³/mol. The van der Waals surface area contributed by atoms with Crippen molar-refractivity contribution in [3.8, 4) is 0 Å². The molecular weight excluding hydrogens is 238 g/mol. The summed E-state index contributed by atoms with van der Waals surface area (Å²) in [6.07, 6.45) is 8.70. The quantitative estimate of drug-likeness (QED) is 0.897. The number of nitrogens with two attached hydrogens (primary N) is 1. The van der Waals surface area contributed by atoms with Gasteiger partial charge in [0.05, 0.1) is 11.7 Å². The summed E-state index contributed by atoms with van der Waals surface area (Å²) in [5.74, 6) is 0. The molecule has 2 aliphatic heterocycles. The van der Waals surface area contributed by atoms with E-state index in [0.29, 0.717) is 12.6 Å². The van der Waals surface area contributed by atoms with Gasteiger partial charge in [-0.15, -0.1) is 0 Å². The zero-order valence-electron chi connectivity index (χ0n) is 11.4. The smallest absolute Gasteiger partial charge is 0.0712 e. The maximum absolute atomic E-state index is 6.17. The zero-order valence-corrected chi connectivity index (χ0v) is 11.4. The average molecular weight is 261 g/mol. The van der Waals surface area contributed by atoms with Gasteiger partial charge >= 0.3 is 0 Å². The maximum atomic E-state index is 6.17. The third-order valence-corrected chi connectivity index (χ3v) is 4.50. The minimum Gasteiger partial charge on any atom is -0.370 e. The summed E-state index contributed by atoms with van der Waals surface area (Å²) in [6, 6.07) is 4.15. The Labute approximate surface area is 115 Å². The first kappa shape index (κ1) is 13.0. The number of hydrogen-bond acceptors (Lipinski definition) is 4. The highest BCUT2D eigenvalue weighted by Crippen LogP contribution is 2.38. The van der Waals surface area contributed by atoms with Crippen LogP contribution in [0.2, 0.25) is 0 Å². The highest BCUT2D eigenvalue weighted by Gasteiger charge is 2.41. The standard InChI is InChI=1S/C15H23N3O/c16-10-14-3-4-15(19-14)5-8-18(9-6-15)12-13-2-1-7-17-11-13/h1-2,7,11,14H,3-6,8-10,12,16H2/t14-/m0/s1. The van der Waals surface area contributed by atoms with E-state index in [1.165, 1.54) is 12.0 Å².